The molecule has 2 N–H and O–H groups in total. The lowest BCUT2D eigenvalue weighted by Crippen LogP contribution is -2.46. The van der Waals surface area contributed by atoms with Crippen molar-refractivity contribution in [2.45, 2.75) is 18.4 Å². The predicted molar refractivity (Wildman–Crippen MR) is 64.0 cm³/mol. The Morgan fingerprint density at radius 3 is 2.27 bits per heavy atom. The summed E-state index contributed by atoms with van der Waals surface area (Å²) in [6, 6.07) is 7.94. The fourth-order valence-electron chi connectivity index (χ4n) is 2.09. The van der Waals surface area contributed by atoms with E-state index >= 15 is 0 Å². The van der Waals surface area contributed by atoms with Crippen LogP contribution in [-0.4, -0.2) is 25.0 Å². The summed E-state index contributed by atoms with van der Waals surface area (Å²) in [5, 5.41) is 0.773. The second-order valence-corrected chi connectivity index (χ2v) is 4.90. The van der Waals surface area contributed by atoms with Gasteiger partial charge in [-0.05, 0) is 50.7 Å². The molecule has 15 heavy (non-hydrogen) atoms. The normalized spacial score (nSPS) is 21.5. The molecule has 0 unspecified atom stereocenters. The minimum atomic E-state index is -0.156. The average Bonchev–Trinajstić information content (AvgIpc) is 2.24. The number of nitrogens with two attached hydrogens (primary N) is 1. The molecule has 0 aliphatic carbocycles. The Bertz CT molecular complexity index is 326. The minimum Gasteiger partial charge on any atom is -0.321 e. The zero-order valence-corrected chi connectivity index (χ0v) is 9.80. The summed E-state index contributed by atoms with van der Waals surface area (Å²) in [7, 11) is 2.14. The molecule has 2 nitrogen and oxygen atoms in total. The van der Waals surface area contributed by atoms with Crippen molar-refractivity contribution in [2.24, 2.45) is 5.73 Å². The second-order valence-electron chi connectivity index (χ2n) is 4.47. The first-order chi connectivity index (χ1) is 7.10. The number of hydrogen-bond acceptors (Lipinski definition) is 2. The molecule has 0 saturated carbocycles. The first-order valence-corrected chi connectivity index (χ1v) is 5.71. The van der Waals surface area contributed by atoms with Gasteiger partial charge in [-0.1, -0.05) is 23.7 Å². The zero-order valence-electron chi connectivity index (χ0n) is 9.04. The van der Waals surface area contributed by atoms with Gasteiger partial charge in [0.2, 0.25) is 0 Å². The van der Waals surface area contributed by atoms with Gasteiger partial charge in [0.25, 0.3) is 0 Å². The van der Waals surface area contributed by atoms with Crippen LogP contribution in [0.4, 0.5) is 0 Å². The van der Waals surface area contributed by atoms with Gasteiger partial charge in [-0.2, -0.15) is 0 Å². The van der Waals surface area contributed by atoms with Crippen LogP contribution in [-0.2, 0) is 5.54 Å². The predicted octanol–water partition coefficient (Wildman–Crippen LogP) is 2.22. The van der Waals surface area contributed by atoms with E-state index in [1.807, 2.05) is 24.3 Å². The van der Waals surface area contributed by atoms with Crippen LogP contribution in [0.3, 0.4) is 0 Å². The first kappa shape index (κ1) is 10.9. The van der Waals surface area contributed by atoms with Crippen LogP contribution in [0.1, 0.15) is 18.4 Å². The highest BCUT2D eigenvalue weighted by Gasteiger charge is 2.30. The molecule has 1 aromatic rings. The molecule has 1 saturated heterocycles. The molecule has 0 radical (unpaired) electrons. The summed E-state index contributed by atoms with van der Waals surface area (Å²) < 4.78 is 0. The van der Waals surface area contributed by atoms with Crippen LogP contribution >= 0.6 is 11.6 Å². The highest BCUT2D eigenvalue weighted by molar-refractivity contribution is 6.30. The lowest BCUT2D eigenvalue weighted by Gasteiger charge is -2.38. The molecule has 1 heterocycles. The Labute approximate surface area is 96.0 Å². The molecule has 1 aromatic carbocycles. The van der Waals surface area contributed by atoms with Gasteiger partial charge in [0.1, 0.15) is 0 Å². The van der Waals surface area contributed by atoms with Gasteiger partial charge < -0.3 is 10.6 Å². The third-order valence-corrected chi connectivity index (χ3v) is 3.55. The third-order valence-electron chi connectivity index (χ3n) is 3.30. The Morgan fingerprint density at radius 2 is 1.73 bits per heavy atom. The third kappa shape index (κ3) is 2.33. The zero-order chi connectivity index (χ0) is 10.9. The molecule has 0 atom stereocenters. The Hall–Kier alpha value is -0.570. The molecule has 3 heteroatoms. The SMILES string of the molecule is CN1CCC(N)(c2ccc(Cl)cc2)CC1. The summed E-state index contributed by atoms with van der Waals surface area (Å²) in [5.74, 6) is 0. The molecule has 0 bridgehead atoms. The molecule has 0 aromatic heterocycles. The maximum Gasteiger partial charge on any atom is 0.0434 e. The van der Waals surface area contributed by atoms with E-state index in [9.17, 15) is 0 Å². The van der Waals surface area contributed by atoms with E-state index in [2.05, 4.69) is 11.9 Å². The topological polar surface area (TPSA) is 29.3 Å². The smallest absolute Gasteiger partial charge is 0.0434 e. The summed E-state index contributed by atoms with van der Waals surface area (Å²) >= 11 is 5.87. The van der Waals surface area contributed by atoms with Crippen molar-refractivity contribution >= 4 is 11.6 Å². The van der Waals surface area contributed by atoms with E-state index in [0.29, 0.717) is 0 Å². The molecule has 0 spiro atoms. The summed E-state index contributed by atoms with van der Waals surface area (Å²) in [6.45, 7) is 2.14. The van der Waals surface area contributed by atoms with Crippen molar-refractivity contribution in [1.29, 1.82) is 0 Å². The van der Waals surface area contributed by atoms with Gasteiger partial charge in [0.05, 0.1) is 0 Å². The van der Waals surface area contributed by atoms with E-state index in [-0.39, 0.29) is 5.54 Å². The number of hydrogen-bond donors (Lipinski definition) is 1. The van der Waals surface area contributed by atoms with Crippen LogP contribution in [0, 0.1) is 0 Å². The molecule has 2 rings (SSSR count). The maximum absolute atomic E-state index is 6.42. The average molecular weight is 225 g/mol. The van der Waals surface area contributed by atoms with Crippen molar-refractivity contribution < 1.29 is 0 Å². The fraction of sp³-hybridized carbons (Fsp3) is 0.500. The summed E-state index contributed by atoms with van der Waals surface area (Å²) in [4.78, 5) is 2.32. The van der Waals surface area contributed by atoms with E-state index in [1.54, 1.807) is 0 Å². The van der Waals surface area contributed by atoms with Crippen LogP contribution in [0.2, 0.25) is 5.02 Å². The number of likely N-dealkylation sites (tertiary alicyclic amines) is 1. The lowest BCUT2D eigenvalue weighted by molar-refractivity contribution is 0.191. The second kappa shape index (κ2) is 4.12. The number of benzene rings is 1. The highest BCUT2D eigenvalue weighted by atomic mass is 35.5. The van der Waals surface area contributed by atoms with Gasteiger partial charge >= 0.3 is 0 Å². The van der Waals surface area contributed by atoms with E-state index in [4.69, 9.17) is 17.3 Å². The maximum atomic E-state index is 6.42. The molecule has 82 valence electrons. The number of nitrogens with zero attached hydrogens (tertiary/aromatic N) is 1. The van der Waals surface area contributed by atoms with Crippen LogP contribution < -0.4 is 5.73 Å². The van der Waals surface area contributed by atoms with Crippen LogP contribution in [0.25, 0.3) is 0 Å². The minimum absolute atomic E-state index is 0.156. The summed E-state index contributed by atoms with van der Waals surface area (Å²) in [5.41, 5.74) is 7.48. The van der Waals surface area contributed by atoms with Gasteiger partial charge in [-0.25, -0.2) is 0 Å². The van der Waals surface area contributed by atoms with Crippen LogP contribution in [0.15, 0.2) is 24.3 Å². The van der Waals surface area contributed by atoms with Crippen molar-refractivity contribution in [3.8, 4) is 0 Å². The highest BCUT2D eigenvalue weighted by Crippen LogP contribution is 2.30. The number of piperidine rings is 1. The van der Waals surface area contributed by atoms with Crippen molar-refractivity contribution in [3.05, 3.63) is 34.9 Å². The lowest BCUT2D eigenvalue weighted by atomic mass is 9.82. The van der Waals surface area contributed by atoms with E-state index in [0.717, 1.165) is 31.0 Å². The van der Waals surface area contributed by atoms with Crippen LogP contribution in [0.5, 0.6) is 0 Å². The molecule has 1 fully saturated rings. The standard InChI is InChI=1S/C12H17ClN2/c1-15-8-6-12(14,7-9-15)10-2-4-11(13)5-3-10/h2-5H,6-9,14H2,1H3. The molecular weight excluding hydrogens is 208 g/mol. The largest absolute Gasteiger partial charge is 0.321 e. The van der Waals surface area contributed by atoms with Gasteiger partial charge in [-0.3, -0.25) is 0 Å². The molecule has 1 aliphatic rings. The molecule has 0 amide bonds. The summed E-state index contributed by atoms with van der Waals surface area (Å²) in [6.07, 6.45) is 2.04. The number of rotatable bonds is 1. The Kier molecular flexibility index (Phi) is 3.01. The first-order valence-electron chi connectivity index (χ1n) is 5.34. The molecule has 1 aliphatic heterocycles. The van der Waals surface area contributed by atoms with Gasteiger partial charge in [0, 0.05) is 10.6 Å². The molecular formula is C12H17ClN2. The number of halogens is 1. The van der Waals surface area contributed by atoms with E-state index < -0.39 is 0 Å². The van der Waals surface area contributed by atoms with Gasteiger partial charge in [-0.15, -0.1) is 0 Å². The van der Waals surface area contributed by atoms with E-state index in [1.165, 1.54) is 5.56 Å². The van der Waals surface area contributed by atoms with Crippen molar-refractivity contribution in [1.82, 2.24) is 4.90 Å². The monoisotopic (exact) mass is 224 g/mol. The van der Waals surface area contributed by atoms with Gasteiger partial charge in [0.15, 0.2) is 0 Å². The van der Waals surface area contributed by atoms with Crippen molar-refractivity contribution in [2.75, 3.05) is 20.1 Å². The Balaban J connectivity index is 2.18. The fourth-order valence-corrected chi connectivity index (χ4v) is 2.21. The Morgan fingerprint density at radius 1 is 1.20 bits per heavy atom. The van der Waals surface area contributed by atoms with Crippen molar-refractivity contribution in [3.63, 3.8) is 0 Å². The quantitative estimate of drug-likeness (QED) is 0.793.